The quantitative estimate of drug-likeness (QED) is 0.780. The number of phenols is 1. The number of ketones is 1. The van der Waals surface area contributed by atoms with Gasteiger partial charge in [0.15, 0.2) is 5.78 Å². The molecule has 1 heterocycles. The Labute approximate surface area is 95.2 Å². The third kappa shape index (κ3) is 1.55. The number of hydrogen-bond acceptors (Lipinski definition) is 2. The molecule has 0 atom stereocenters. The van der Waals surface area contributed by atoms with Crippen molar-refractivity contribution < 1.29 is 9.90 Å². The lowest BCUT2D eigenvalue weighted by molar-refractivity contribution is 0.101. The van der Waals surface area contributed by atoms with Crippen molar-refractivity contribution in [2.75, 3.05) is 0 Å². The number of aromatic hydroxyl groups is 1. The Morgan fingerprint density at radius 3 is 2.73 bits per heavy atom. The van der Waals surface area contributed by atoms with Crippen LogP contribution in [0, 0.1) is 6.92 Å². The monoisotopic (exact) mass is 267 g/mol. The van der Waals surface area contributed by atoms with E-state index in [0.29, 0.717) is 10.0 Å². The molecule has 0 spiro atoms. The molecule has 2 rings (SSSR count). The average molecular weight is 268 g/mol. The van der Waals surface area contributed by atoms with Gasteiger partial charge in [0.2, 0.25) is 0 Å². The molecule has 3 nitrogen and oxygen atoms in total. The normalized spacial score (nSPS) is 10.9. The second-order valence-corrected chi connectivity index (χ2v) is 4.38. The van der Waals surface area contributed by atoms with E-state index in [2.05, 4.69) is 20.9 Å². The number of benzene rings is 1. The summed E-state index contributed by atoms with van der Waals surface area (Å²) in [6.45, 7) is 3.39. The molecule has 4 heteroatoms. The standard InChI is InChI=1S/C11H10BrNO2/c1-5-11(6(2)14)7-3-8(12)10(15)4-9(7)13-5/h3-4,13,15H,1-2H3. The number of aromatic nitrogens is 1. The molecular weight excluding hydrogens is 258 g/mol. The molecule has 0 saturated heterocycles. The lowest BCUT2D eigenvalue weighted by Gasteiger charge is -1.98. The second-order valence-electron chi connectivity index (χ2n) is 3.53. The smallest absolute Gasteiger partial charge is 0.162 e. The molecule has 0 bridgehead atoms. The molecule has 1 aromatic carbocycles. The first-order chi connectivity index (χ1) is 7.00. The van der Waals surface area contributed by atoms with E-state index in [1.54, 1.807) is 12.1 Å². The molecular formula is C11H10BrNO2. The number of rotatable bonds is 1. The Morgan fingerprint density at radius 1 is 1.47 bits per heavy atom. The number of aryl methyl sites for hydroxylation is 1. The van der Waals surface area contributed by atoms with Gasteiger partial charge in [-0.25, -0.2) is 0 Å². The predicted octanol–water partition coefficient (Wildman–Crippen LogP) is 3.15. The molecule has 0 aliphatic heterocycles. The van der Waals surface area contributed by atoms with Gasteiger partial charge in [0.05, 0.1) is 9.99 Å². The summed E-state index contributed by atoms with van der Waals surface area (Å²) in [4.78, 5) is 14.5. The van der Waals surface area contributed by atoms with E-state index in [1.165, 1.54) is 6.92 Å². The highest BCUT2D eigenvalue weighted by atomic mass is 79.9. The fourth-order valence-electron chi connectivity index (χ4n) is 1.79. The Balaban J connectivity index is 2.87. The maximum absolute atomic E-state index is 11.4. The van der Waals surface area contributed by atoms with E-state index >= 15 is 0 Å². The van der Waals surface area contributed by atoms with E-state index in [4.69, 9.17) is 0 Å². The van der Waals surface area contributed by atoms with E-state index in [0.717, 1.165) is 16.6 Å². The van der Waals surface area contributed by atoms with Gasteiger partial charge in [0.1, 0.15) is 5.75 Å². The van der Waals surface area contributed by atoms with Gasteiger partial charge in [-0.05, 0) is 35.8 Å². The van der Waals surface area contributed by atoms with Crippen LogP contribution >= 0.6 is 15.9 Å². The van der Waals surface area contributed by atoms with Crippen LogP contribution in [0.15, 0.2) is 16.6 Å². The summed E-state index contributed by atoms with van der Waals surface area (Å²) < 4.78 is 0.594. The minimum Gasteiger partial charge on any atom is -0.507 e. The first-order valence-electron chi connectivity index (χ1n) is 4.52. The highest BCUT2D eigenvalue weighted by Crippen LogP contribution is 2.32. The van der Waals surface area contributed by atoms with Crippen molar-refractivity contribution in [3.63, 3.8) is 0 Å². The lowest BCUT2D eigenvalue weighted by atomic mass is 10.1. The van der Waals surface area contributed by atoms with Crippen LogP contribution in [0.5, 0.6) is 5.75 Å². The lowest BCUT2D eigenvalue weighted by Crippen LogP contribution is -1.92. The largest absolute Gasteiger partial charge is 0.507 e. The van der Waals surface area contributed by atoms with Crippen LogP contribution in [0.3, 0.4) is 0 Å². The molecule has 0 radical (unpaired) electrons. The van der Waals surface area contributed by atoms with Gasteiger partial charge >= 0.3 is 0 Å². The number of hydrogen-bond donors (Lipinski definition) is 2. The third-order valence-corrected chi connectivity index (χ3v) is 3.04. The molecule has 0 saturated carbocycles. The number of H-pyrrole nitrogens is 1. The first kappa shape index (κ1) is 10.2. The van der Waals surface area contributed by atoms with Crippen LogP contribution in [-0.4, -0.2) is 15.9 Å². The summed E-state index contributed by atoms with van der Waals surface area (Å²) in [5.41, 5.74) is 2.29. The number of carbonyl (C=O) groups is 1. The second kappa shape index (κ2) is 3.38. The highest BCUT2D eigenvalue weighted by Gasteiger charge is 2.13. The van der Waals surface area contributed by atoms with Crippen LogP contribution in [0.4, 0.5) is 0 Å². The van der Waals surface area contributed by atoms with Gasteiger partial charge in [0, 0.05) is 22.7 Å². The van der Waals surface area contributed by atoms with Crippen LogP contribution < -0.4 is 0 Å². The number of carbonyl (C=O) groups excluding carboxylic acids is 1. The molecule has 2 N–H and O–H groups in total. The van der Waals surface area contributed by atoms with Crippen molar-refractivity contribution in [1.29, 1.82) is 0 Å². The van der Waals surface area contributed by atoms with Gasteiger partial charge in [-0.2, -0.15) is 0 Å². The molecule has 0 aliphatic carbocycles. The Morgan fingerprint density at radius 2 is 2.13 bits per heavy atom. The van der Waals surface area contributed by atoms with E-state index in [1.807, 2.05) is 6.92 Å². The number of halogens is 1. The van der Waals surface area contributed by atoms with E-state index in [-0.39, 0.29) is 11.5 Å². The SMILES string of the molecule is CC(=O)c1c(C)[nH]c2cc(O)c(Br)cc12. The fraction of sp³-hybridized carbons (Fsp3) is 0.182. The highest BCUT2D eigenvalue weighted by molar-refractivity contribution is 9.10. The minimum atomic E-state index is 0.0244. The van der Waals surface area contributed by atoms with Crippen LogP contribution in [0.2, 0.25) is 0 Å². The zero-order chi connectivity index (χ0) is 11.2. The molecule has 0 aliphatic rings. The molecule has 78 valence electrons. The molecule has 15 heavy (non-hydrogen) atoms. The minimum absolute atomic E-state index is 0.0244. The third-order valence-electron chi connectivity index (χ3n) is 2.41. The van der Waals surface area contributed by atoms with Gasteiger partial charge < -0.3 is 10.1 Å². The number of nitrogens with one attached hydrogen (secondary N) is 1. The average Bonchev–Trinajstić information content (AvgIpc) is 2.41. The summed E-state index contributed by atoms with van der Waals surface area (Å²) in [6, 6.07) is 3.36. The Bertz CT molecular complexity index is 557. The zero-order valence-corrected chi connectivity index (χ0v) is 9.97. The van der Waals surface area contributed by atoms with Crippen molar-refractivity contribution in [3.8, 4) is 5.75 Å². The summed E-state index contributed by atoms with van der Waals surface area (Å²) in [5, 5.41) is 10.3. The van der Waals surface area contributed by atoms with E-state index < -0.39 is 0 Å². The first-order valence-corrected chi connectivity index (χ1v) is 5.31. The molecule has 0 unspecified atom stereocenters. The molecule has 0 amide bonds. The summed E-state index contributed by atoms with van der Waals surface area (Å²) in [5.74, 6) is 0.190. The van der Waals surface area contributed by atoms with Crippen molar-refractivity contribution in [2.24, 2.45) is 0 Å². The van der Waals surface area contributed by atoms with Crippen molar-refractivity contribution in [2.45, 2.75) is 13.8 Å². The van der Waals surface area contributed by atoms with Crippen molar-refractivity contribution in [1.82, 2.24) is 4.98 Å². The van der Waals surface area contributed by atoms with Crippen molar-refractivity contribution in [3.05, 3.63) is 27.9 Å². The van der Waals surface area contributed by atoms with Crippen LogP contribution in [-0.2, 0) is 0 Å². The number of aromatic amines is 1. The van der Waals surface area contributed by atoms with Crippen LogP contribution in [0.1, 0.15) is 23.0 Å². The maximum atomic E-state index is 11.4. The van der Waals surface area contributed by atoms with Gasteiger partial charge in [-0.1, -0.05) is 0 Å². The summed E-state index contributed by atoms with van der Waals surface area (Å²) >= 11 is 3.23. The number of fused-ring (bicyclic) bond motifs is 1. The predicted molar refractivity (Wildman–Crippen MR) is 62.4 cm³/mol. The van der Waals surface area contributed by atoms with Gasteiger partial charge in [-0.3, -0.25) is 4.79 Å². The zero-order valence-electron chi connectivity index (χ0n) is 8.39. The van der Waals surface area contributed by atoms with Gasteiger partial charge in [0.25, 0.3) is 0 Å². The Hall–Kier alpha value is -1.29. The fourth-order valence-corrected chi connectivity index (χ4v) is 2.14. The summed E-state index contributed by atoms with van der Waals surface area (Å²) in [7, 11) is 0. The van der Waals surface area contributed by atoms with Gasteiger partial charge in [-0.15, -0.1) is 0 Å². The molecule has 1 aromatic heterocycles. The molecule has 2 aromatic rings. The topological polar surface area (TPSA) is 53.1 Å². The Kier molecular flexibility index (Phi) is 2.31. The van der Waals surface area contributed by atoms with E-state index in [9.17, 15) is 9.90 Å². The molecule has 0 fully saturated rings. The van der Waals surface area contributed by atoms with Crippen LogP contribution in [0.25, 0.3) is 10.9 Å². The summed E-state index contributed by atoms with van der Waals surface area (Å²) in [6.07, 6.45) is 0. The maximum Gasteiger partial charge on any atom is 0.162 e. The van der Waals surface area contributed by atoms with Crippen molar-refractivity contribution >= 4 is 32.6 Å². The number of phenolic OH excluding ortho intramolecular Hbond substituents is 1. The number of Topliss-reactive ketones (excluding diaryl/α,β-unsaturated/α-hetero) is 1.